The van der Waals surface area contributed by atoms with Gasteiger partial charge < -0.3 is 9.80 Å². The van der Waals surface area contributed by atoms with Crippen LogP contribution >= 0.6 is 11.3 Å². The highest BCUT2D eigenvalue weighted by atomic mass is 32.1. The van der Waals surface area contributed by atoms with E-state index in [2.05, 4.69) is 42.6 Å². The second-order valence-corrected chi connectivity index (χ2v) is 10.2. The molecular formula is C24H32N2O2S. The van der Waals surface area contributed by atoms with Gasteiger partial charge in [0.15, 0.2) is 0 Å². The number of aryl methyl sites for hydroxylation is 1. The smallest absolute Gasteiger partial charge is 0.243 e. The third-order valence-corrected chi connectivity index (χ3v) is 6.54. The minimum atomic E-state index is -0.403. The summed E-state index contributed by atoms with van der Waals surface area (Å²) in [5.41, 5.74) is 3.14. The summed E-state index contributed by atoms with van der Waals surface area (Å²) in [7, 11) is 0. The highest BCUT2D eigenvalue weighted by Crippen LogP contribution is 2.38. The number of hydrogen-bond donors (Lipinski definition) is 0. The van der Waals surface area contributed by atoms with Crippen molar-refractivity contribution in [1.82, 2.24) is 9.80 Å². The van der Waals surface area contributed by atoms with Crippen molar-refractivity contribution in [3.8, 4) is 0 Å². The number of nitrogens with zero attached hydrogens (tertiary/aromatic N) is 2. The summed E-state index contributed by atoms with van der Waals surface area (Å²) in [6.07, 6.45) is 0.870. The Balaban J connectivity index is 1.93. The molecule has 1 atom stereocenters. The van der Waals surface area contributed by atoms with Crippen molar-refractivity contribution in [2.75, 3.05) is 13.1 Å². The van der Waals surface area contributed by atoms with E-state index in [4.69, 9.17) is 0 Å². The molecule has 0 fully saturated rings. The Morgan fingerprint density at radius 1 is 1.17 bits per heavy atom. The van der Waals surface area contributed by atoms with Crippen molar-refractivity contribution in [3.05, 3.63) is 57.3 Å². The van der Waals surface area contributed by atoms with Crippen LogP contribution in [0.4, 0.5) is 0 Å². The largest absolute Gasteiger partial charge is 0.330 e. The molecule has 2 heterocycles. The van der Waals surface area contributed by atoms with Gasteiger partial charge in [0, 0.05) is 22.9 Å². The second-order valence-electron chi connectivity index (χ2n) is 9.20. The van der Waals surface area contributed by atoms with Gasteiger partial charge in [0.25, 0.3) is 0 Å². The lowest BCUT2D eigenvalue weighted by atomic mass is 9.92. The molecule has 156 valence electrons. The molecule has 1 aromatic carbocycles. The number of amides is 2. The fraction of sp³-hybridized carbons (Fsp3) is 0.500. The summed E-state index contributed by atoms with van der Waals surface area (Å²) in [6, 6.07) is 10.5. The fourth-order valence-corrected chi connectivity index (χ4v) is 4.78. The van der Waals surface area contributed by atoms with Crippen molar-refractivity contribution < 1.29 is 9.59 Å². The van der Waals surface area contributed by atoms with Gasteiger partial charge in [-0.15, -0.1) is 11.3 Å². The number of thiophene rings is 1. The lowest BCUT2D eigenvalue weighted by Gasteiger charge is -2.41. The topological polar surface area (TPSA) is 40.6 Å². The van der Waals surface area contributed by atoms with Crippen molar-refractivity contribution in [1.29, 1.82) is 0 Å². The lowest BCUT2D eigenvalue weighted by molar-refractivity contribution is -0.147. The molecule has 1 aliphatic heterocycles. The molecule has 0 saturated carbocycles. The summed E-state index contributed by atoms with van der Waals surface area (Å²) in [5.74, 6) is -0.109. The van der Waals surface area contributed by atoms with Gasteiger partial charge in [-0.1, -0.05) is 43.7 Å². The zero-order valence-corrected chi connectivity index (χ0v) is 19.2. The molecule has 5 heteroatoms. The lowest BCUT2D eigenvalue weighted by Crippen LogP contribution is -2.53. The summed E-state index contributed by atoms with van der Waals surface area (Å²) >= 11 is 1.77. The molecule has 3 rings (SSSR count). The number of carbonyl (C=O) groups excluding carboxylic acids is 2. The molecular weight excluding hydrogens is 380 g/mol. The van der Waals surface area contributed by atoms with Crippen LogP contribution in [-0.4, -0.2) is 40.2 Å². The molecule has 4 nitrogen and oxygen atoms in total. The van der Waals surface area contributed by atoms with Gasteiger partial charge in [0.05, 0.1) is 6.04 Å². The average molecular weight is 413 g/mol. The van der Waals surface area contributed by atoms with Crippen LogP contribution in [0, 0.1) is 12.8 Å². The first-order valence-corrected chi connectivity index (χ1v) is 11.2. The Labute approximate surface area is 178 Å². The van der Waals surface area contributed by atoms with Crippen LogP contribution in [0.25, 0.3) is 0 Å². The zero-order valence-electron chi connectivity index (χ0n) is 18.4. The quantitative estimate of drug-likeness (QED) is 0.723. The minimum absolute atomic E-state index is 0.0105. The summed E-state index contributed by atoms with van der Waals surface area (Å²) in [6.45, 7) is 12.6. The molecule has 1 aliphatic rings. The predicted octanol–water partition coefficient (Wildman–Crippen LogP) is 4.81. The normalized spacial score (nSPS) is 16.7. The molecule has 29 heavy (non-hydrogen) atoms. The van der Waals surface area contributed by atoms with E-state index in [-0.39, 0.29) is 30.3 Å². The zero-order chi connectivity index (χ0) is 21.3. The molecule has 1 unspecified atom stereocenters. The van der Waals surface area contributed by atoms with Crippen molar-refractivity contribution in [2.24, 2.45) is 5.92 Å². The molecule has 0 saturated heterocycles. The van der Waals surface area contributed by atoms with Crippen molar-refractivity contribution in [3.63, 3.8) is 0 Å². The molecule has 0 aliphatic carbocycles. The molecule has 1 aromatic heterocycles. The summed E-state index contributed by atoms with van der Waals surface area (Å²) in [5, 5.41) is 2.11. The highest BCUT2D eigenvalue weighted by molar-refractivity contribution is 7.10. The van der Waals surface area contributed by atoms with E-state index in [1.165, 1.54) is 16.0 Å². The van der Waals surface area contributed by atoms with E-state index in [1.54, 1.807) is 16.2 Å². The Hall–Kier alpha value is -2.14. The first-order chi connectivity index (χ1) is 13.6. The van der Waals surface area contributed by atoms with E-state index in [0.29, 0.717) is 6.54 Å². The van der Waals surface area contributed by atoms with E-state index in [9.17, 15) is 9.59 Å². The molecule has 0 bridgehead atoms. The number of benzene rings is 1. The summed E-state index contributed by atoms with van der Waals surface area (Å²) < 4.78 is 0. The maximum atomic E-state index is 13.5. The van der Waals surface area contributed by atoms with E-state index < -0.39 is 5.54 Å². The number of fused-ring (bicyclic) bond motifs is 1. The number of hydrogen-bond acceptors (Lipinski definition) is 3. The van der Waals surface area contributed by atoms with E-state index in [0.717, 1.165) is 12.0 Å². The highest BCUT2D eigenvalue weighted by Gasteiger charge is 2.36. The first kappa shape index (κ1) is 21.6. The fourth-order valence-electron chi connectivity index (χ4n) is 3.88. The predicted molar refractivity (Wildman–Crippen MR) is 119 cm³/mol. The van der Waals surface area contributed by atoms with Crippen LogP contribution in [0.15, 0.2) is 35.7 Å². The van der Waals surface area contributed by atoms with Crippen LogP contribution in [0.3, 0.4) is 0 Å². The van der Waals surface area contributed by atoms with E-state index >= 15 is 0 Å². The van der Waals surface area contributed by atoms with Crippen molar-refractivity contribution >= 4 is 23.2 Å². The monoisotopic (exact) mass is 412 g/mol. The van der Waals surface area contributed by atoms with Gasteiger partial charge in [-0.05, 0) is 56.7 Å². The van der Waals surface area contributed by atoms with Crippen LogP contribution in [0.1, 0.15) is 62.2 Å². The van der Waals surface area contributed by atoms with Gasteiger partial charge in [-0.25, -0.2) is 0 Å². The first-order valence-electron chi connectivity index (χ1n) is 10.3. The van der Waals surface area contributed by atoms with Crippen LogP contribution in [-0.2, 0) is 16.0 Å². The molecule has 2 amide bonds. The third kappa shape index (κ3) is 4.55. The van der Waals surface area contributed by atoms with Gasteiger partial charge in [0.1, 0.15) is 6.54 Å². The standard InChI is InChI=1S/C24H32N2O2S/c1-16(2)23(28)26(24(4,5)6)15-21(27)25-13-11-20-19(12-14-29-20)22(25)18-9-7-17(3)8-10-18/h7-10,12,14,16,22H,11,13,15H2,1-6H3. The second kappa shape index (κ2) is 8.31. The molecule has 0 N–H and O–H groups in total. The van der Waals surface area contributed by atoms with Crippen molar-refractivity contribution in [2.45, 2.75) is 59.5 Å². The molecule has 0 radical (unpaired) electrons. The number of rotatable bonds is 4. The Kier molecular flexibility index (Phi) is 6.18. The Morgan fingerprint density at radius 2 is 1.83 bits per heavy atom. The Morgan fingerprint density at radius 3 is 2.41 bits per heavy atom. The van der Waals surface area contributed by atoms with Crippen LogP contribution < -0.4 is 0 Å². The van der Waals surface area contributed by atoms with Gasteiger partial charge in [-0.2, -0.15) is 0 Å². The average Bonchev–Trinajstić information content (AvgIpc) is 3.13. The SMILES string of the molecule is Cc1ccc(C2c3ccsc3CCN2C(=O)CN(C(=O)C(C)C)C(C)(C)C)cc1. The maximum Gasteiger partial charge on any atom is 0.243 e. The van der Waals surface area contributed by atoms with Gasteiger partial charge in [-0.3, -0.25) is 9.59 Å². The summed E-state index contributed by atoms with van der Waals surface area (Å²) in [4.78, 5) is 31.4. The molecule has 0 spiro atoms. The van der Waals surface area contributed by atoms with Gasteiger partial charge in [0.2, 0.25) is 11.8 Å². The van der Waals surface area contributed by atoms with Crippen LogP contribution in [0.5, 0.6) is 0 Å². The van der Waals surface area contributed by atoms with Gasteiger partial charge >= 0.3 is 0 Å². The Bertz CT molecular complexity index is 877. The maximum absolute atomic E-state index is 13.5. The van der Waals surface area contributed by atoms with Crippen LogP contribution in [0.2, 0.25) is 0 Å². The van der Waals surface area contributed by atoms with E-state index in [1.807, 2.05) is 39.5 Å². The molecule has 2 aromatic rings. The minimum Gasteiger partial charge on any atom is -0.330 e. The third-order valence-electron chi connectivity index (χ3n) is 5.54. The number of carbonyl (C=O) groups is 2.